The van der Waals surface area contributed by atoms with E-state index in [4.69, 9.17) is 10.8 Å². The molecule has 0 radical (unpaired) electrons. The molecule has 0 aromatic carbocycles. The van der Waals surface area contributed by atoms with E-state index in [9.17, 15) is 9.59 Å². The number of amides is 1. The van der Waals surface area contributed by atoms with Crippen molar-refractivity contribution in [1.29, 1.82) is 0 Å². The maximum absolute atomic E-state index is 11.3. The molecule has 0 heterocycles. The highest BCUT2D eigenvalue weighted by Gasteiger charge is 2.21. The van der Waals surface area contributed by atoms with Gasteiger partial charge in [-0.15, -0.1) is 0 Å². The van der Waals surface area contributed by atoms with Gasteiger partial charge in [0.05, 0.1) is 6.04 Å². The second-order valence-corrected chi connectivity index (χ2v) is 4.32. The predicted molar refractivity (Wildman–Crippen MR) is 64.4 cm³/mol. The topological polar surface area (TPSA) is 92.4 Å². The van der Waals surface area contributed by atoms with E-state index in [1.54, 1.807) is 0 Å². The molecule has 4 N–H and O–H groups in total. The van der Waals surface area contributed by atoms with Crippen molar-refractivity contribution in [2.75, 3.05) is 17.8 Å². The molecular formula is C8H16N2O3S2. The lowest BCUT2D eigenvalue weighted by Crippen LogP contribution is -2.49. The Morgan fingerprint density at radius 1 is 1.60 bits per heavy atom. The van der Waals surface area contributed by atoms with Gasteiger partial charge < -0.3 is 16.2 Å². The van der Waals surface area contributed by atoms with E-state index in [0.29, 0.717) is 12.2 Å². The van der Waals surface area contributed by atoms with E-state index in [1.165, 1.54) is 11.8 Å². The monoisotopic (exact) mass is 252 g/mol. The summed E-state index contributed by atoms with van der Waals surface area (Å²) in [4.78, 5) is 22.1. The van der Waals surface area contributed by atoms with Gasteiger partial charge in [-0.3, -0.25) is 4.79 Å². The molecule has 0 bridgehead atoms. The van der Waals surface area contributed by atoms with Gasteiger partial charge in [0.15, 0.2) is 0 Å². The van der Waals surface area contributed by atoms with E-state index in [-0.39, 0.29) is 5.75 Å². The number of nitrogens with two attached hydrogens (primary N) is 1. The lowest BCUT2D eigenvalue weighted by Gasteiger charge is -2.16. The molecular weight excluding hydrogens is 236 g/mol. The first kappa shape index (κ1) is 14.6. The van der Waals surface area contributed by atoms with Crippen LogP contribution in [-0.2, 0) is 9.59 Å². The fourth-order valence-corrected chi connectivity index (χ4v) is 1.49. The molecule has 0 aromatic heterocycles. The van der Waals surface area contributed by atoms with Gasteiger partial charge in [0.1, 0.15) is 6.04 Å². The van der Waals surface area contributed by atoms with Crippen molar-refractivity contribution in [3.05, 3.63) is 0 Å². The summed E-state index contributed by atoms with van der Waals surface area (Å²) >= 11 is 5.39. The van der Waals surface area contributed by atoms with Gasteiger partial charge in [-0.05, 0) is 18.4 Å². The van der Waals surface area contributed by atoms with Crippen molar-refractivity contribution in [3.8, 4) is 0 Å². The molecule has 0 rings (SSSR count). The molecule has 0 saturated heterocycles. The van der Waals surface area contributed by atoms with E-state index in [2.05, 4.69) is 17.9 Å². The van der Waals surface area contributed by atoms with Crippen LogP contribution in [0.25, 0.3) is 0 Å². The Morgan fingerprint density at radius 3 is 2.60 bits per heavy atom. The largest absolute Gasteiger partial charge is 0.480 e. The summed E-state index contributed by atoms with van der Waals surface area (Å²) in [6.45, 7) is 0. The summed E-state index contributed by atoms with van der Waals surface area (Å²) in [5.41, 5.74) is 5.41. The van der Waals surface area contributed by atoms with Crippen LogP contribution in [-0.4, -0.2) is 46.8 Å². The van der Waals surface area contributed by atoms with Gasteiger partial charge in [-0.25, -0.2) is 4.79 Å². The number of rotatable bonds is 7. The summed E-state index contributed by atoms with van der Waals surface area (Å²) in [6, 6.07) is -1.62. The van der Waals surface area contributed by atoms with Gasteiger partial charge in [0.25, 0.3) is 0 Å². The zero-order valence-corrected chi connectivity index (χ0v) is 10.2. The van der Waals surface area contributed by atoms with E-state index >= 15 is 0 Å². The van der Waals surface area contributed by atoms with Crippen LogP contribution in [0.4, 0.5) is 0 Å². The molecule has 0 aliphatic rings. The van der Waals surface area contributed by atoms with Crippen LogP contribution >= 0.6 is 24.4 Å². The van der Waals surface area contributed by atoms with E-state index in [1.807, 2.05) is 6.26 Å². The highest BCUT2D eigenvalue weighted by molar-refractivity contribution is 7.98. The number of carbonyl (C=O) groups excluding carboxylic acids is 1. The van der Waals surface area contributed by atoms with Crippen LogP contribution in [0, 0.1) is 0 Å². The van der Waals surface area contributed by atoms with Gasteiger partial charge in [0, 0.05) is 5.75 Å². The van der Waals surface area contributed by atoms with Crippen LogP contribution in [0.15, 0.2) is 0 Å². The lowest BCUT2D eigenvalue weighted by atomic mass is 10.2. The van der Waals surface area contributed by atoms with Crippen LogP contribution in [0.1, 0.15) is 6.42 Å². The highest BCUT2D eigenvalue weighted by atomic mass is 32.2. The van der Waals surface area contributed by atoms with Crippen LogP contribution in [0.5, 0.6) is 0 Å². The average Bonchev–Trinajstić information content (AvgIpc) is 2.22. The van der Waals surface area contributed by atoms with Crippen LogP contribution < -0.4 is 11.1 Å². The molecule has 0 unspecified atom stereocenters. The second kappa shape index (κ2) is 7.84. The Bertz CT molecular complexity index is 226. The summed E-state index contributed by atoms with van der Waals surface area (Å²) < 4.78 is 0. The van der Waals surface area contributed by atoms with Gasteiger partial charge in [-0.2, -0.15) is 24.4 Å². The number of carboxylic acid groups (broad SMARTS) is 1. The fraction of sp³-hybridized carbons (Fsp3) is 0.750. The highest BCUT2D eigenvalue weighted by Crippen LogP contribution is 2.01. The number of carboxylic acids is 1. The predicted octanol–water partition coefficient (Wildman–Crippen LogP) is -0.434. The van der Waals surface area contributed by atoms with Crippen molar-refractivity contribution in [3.63, 3.8) is 0 Å². The van der Waals surface area contributed by atoms with Crippen molar-refractivity contribution in [2.24, 2.45) is 5.73 Å². The van der Waals surface area contributed by atoms with Crippen molar-refractivity contribution in [2.45, 2.75) is 18.5 Å². The molecule has 1 amide bonds. The molecule has 0 aromatic rings. The standard InChI is InChI=1S/C8H16N2O3S2/c1-15-3-2-6(8(12)13)10-7(11)5(9)4-14/h5-6,14H,2-4,9H2,1H3,(H,10,11)(H,12,13)/t5-,6-/m0/s1. The summed E-state index contributed by atoms with van der Waals surface area (Å²) in [7, 11) is 0. The first-order chi connectivity index (χ1) is 7.02. The fourth-order valence-electron chi connectivity index (χ4n) is 0.855. The Kier molecular flexibility index (Phi) is 7.63. The first-order valence-corrected chi connectivity index (χ1v) is 6.44. The maximum atomic E-state index is 11.3. The quantitative estimate of drug-likeness (QED) is 0.461. The summed E-state index contributed by atoms with van der Waals surface area (Å²) in [5.74, 6) is -0.643. The number of hydrogen-bond acceptors (Lipinski definition) is 5. The molecule has 7 heteroatoms. The zero-order valence-electron chi connectivity index (χ0n) is 8.47. The lowest BCUT2D eigenvalue weighted by molar-refractivity contribution is -0.141. The van der Waals surface area contributed by atoms with Crippen molar-refractivity contribution in [1.82, 2.24) is 5.32 Å². The molecule has 2 atom stereocenters. The van der Waals surface area contributed by atoms with Crippen LogP contribution in [0.3, 0.4) is 0 Å². The molecule has 0 aliphatic heterocycles. The average molecular weight is 252 g/mol. The number of nitrogens with one attached hydrogen (secondary N) is 1. The molecule has 15 heavy (non-hydrogen) atoms. The second-order valence-electron chi connectivity index (χ2n) is 2.97. The maximum Gasteiger partial charge on any atom is 0.326 e. The Balaban J connectivity index is 4.16. The Labute approximate surface area is 98.6 Å². The minimum absolute atomic E-state index is 0.195. The van der Waals surface area contributed by atoms with Crippen molar-refractivity contribution >= 4 is 36.3 Å². The normalized spacial score (nSPS) is 14.3. The van der Waals surface area contributed by atoms with E-state index in [0.717, 1.165) is 0 Å². The third-order valence-corrected chi connectivity index (χ3v) is 2.80. The third-order valence-electron chi connectivity index (χ3n) is 1.76. The van der Waals surface area contributed by atoms with Gasteiger partial charge in [0.2, 0.25) is 5.91 Å². The number of thioether (sulfide) groups is 1. The number of aliphatic carboxylic acids is 1. The van der Waals surface area contributed by atoms with Crippen LogP contribution in [0.2, 0.25) is 0 Å². The van der Waals surface area contributed by atoms with Gasteiger partial charge >= 0.3 is 5.97 Å². The molecule has 5 nitrogen and oxygen atoms in total. The SMILES string of the molecule is CSCC[C@H](NC(=O)[C@@H](N)CS)C(=O)O. The molecule has 0 spiro atoms. The summed E-state index contributed by atoms with van der Waals surface area (Å²) in [5, 5.41) is 11.2. The summed E-state index contributed by atoms with van der Waals surface area (Å²) in [6.07, 6.45) is 2.27. The minimum Gasteiger partial charge on any atom is -0.480 e. The van der Waals surface area contributed by atoms with Crippen molar-refractivity contribution < 1.29 is 14.7 Å². The molecule has 0 fully saturated rings. The third kappa shape index (κ3) is 5.91. The molecule has 88 valence electrons. The molecule has 0 saturated carbocycles. The molecule has 0 aliphatic carbocycles. The van der Waals surface area contributed by atoms with Gasteiger partial charge in [-0.1, -0.05) is 0 Å². The van der Waals surface area contributed by atoms with E-state index < -0.39 is 24.0 Å². The number of carbonyl (C=O) groups is 2. The first-order valence-electron chi connectivity index (χ1n) is 4.41. The zero-order chi connectivity index (χ0) is 11.8. The Morgan fingerprint density at radius 2 is 2.20 bits per heavy atom. The Hall–Kier alpha value is -0.400. The number of hydrogen-bond donors (Lipinski definition) is 4. The minimum atomic E-state index is -1.04. The smallest absolute Gasteiger partial charge is 0.326 e. The number of thiol groups is 1.